The fraction of sp³-hybridized carbons (Fsp3) is 0.500. The van der Waals surface area contributed by atoms with Crippen LogP contribution in [0.25, 0.3) is 0 Å². The zero-order chi connectivity index (χ0) is 16.4. The molecule has 0 bridgehead atoms. The number of likely N-dealkylation sites (tertiary alicyclic amines) is 1. The van der Waals surface area contributed by atoms with Gasteiger partial charge in [0.15, 0.2) is 0 Å². The van der Waals surface area contributed by atoms with Crippen LogP contribution in [0.3, 0.4) is 0 Å². The highest BCUT2D eigenvalue weighted by Gasteiger charge is 2.37. The van der Waals surface area contributed by atoms with Crippen LogP contribution < -0.4 is 10.6 Å². The molecule has 2 aliphatic heterocycles. The molecule has 0 aromatic heterocycles. The predicted molar refractivity (Wildman–Crippen MR) is 98.1 cm³/mol. The molecule has 2 unspecified atom stereocenters. The summed E-state index contributed by atoms with van der Waals surface area (Å²) in [5.41, 5.74) is 0.550. The van der Waals surface area contributed by atoms with Gasteiger partial charge in [-0.05, 0) is 44.0 Å². The first kappa shape index (κ1) is 19.3. The van der Waals surface area contributed by atoms with Crippen LogP contribution in [-0.2, 0) is 9.59 Å². The van der Waals surface area contributed by atoms with Gasteiger partial charge in [-0.3, -0.25) is 9.59 Å². The van der Waals surface area contributed by atoms with Crippen LogP contribution in [0.5, 0.6) is 0 Å². The summed E-state index contributed by atoms with van der Waals surface area (Å²) < 4.78 is 0. The highest BCUT2D eigenvalue weighted by atomic mass is 35.5. The van der Waals surface area contributed by atoms with Crippen LogP contribution >= 0.6 is 35.6 Å². The molecule has 8 heteroatoms. The lowest BCUT2D eigenvalue weighted by Gasteiger charge is -2.26. The summed E-state index contributed by atoms with van der Waals surface area (Å²) in [5.74, 6) is -0.110. The van der Waals surface area contributed by atoms with Gasteiger partial charge in [0.2, 0.25) is 11.8 Å². The topological polar surface area (TPSA) is 61.4 Å². The van der Waals surface area contributed by atoms with Gasteiger partial charge < -0.3 is 15.5 Å². The minimum Gasteiger partial charge on any atom is -0.330 e. The molecule has 2 heterocycles. The van der Waals surface area contributed by atoms with Crippen molar-refractivity contribution in [1.29, 1.82) is 0 Å². The zero-order valence-electron chi connectivity index (χ0n) is 13.1. The standard InChI is InChI=1S/C16H19Cl2N3O2.ClH/c17-11-6-12(18)8-13(7-11)20-15(22)14-2-1-5-21(14)16(23)10-3-4-19-9-10;/h6-8,10,14,19H,1-5,9H2,(H,20,22);1H. The number of hydrogen-bond acceptors (Lipinski definition) is 3. The molecular formula is C16H20Cl3N3O2. The number of amides is 2. The molecule has 2 fully saturated rings. The summed E-state index contributed by atoms with van der Waals surface area (Å²) in [6.07, 6.45) is 2.37. The first-order chi connectivity index (χ1) is 11.0. The first-order valence-electron chi connectivity index (χ1n) is 7.83. The summed E-state index contributed by atoms with van der Waals surface area (Å²) in [7, 11) is 0. The van der Waals surface area contributed by atoms with Gasteiger partial charge in [0.25, 0.3) is 0 Å². The number of nitrogens with zero attached hydrogens (tertiary/aromatic N) is 1. The van der Waals surface area contributed by atoms with Gasteiger partial charge in [0.1, 0.15) is 6.04 Å². The quantitative estimate of drug-likeness (QED) is 0.831. The lowest BCUT2D eigenvalue weighted by molar-refractivity contribution is -0.139. The second kappa shape index (κ2) is 8.39. The summed E-state index contributed by atoms with van der Waals surface area (Å²) in [6.45, 7) is 2.21. The number of halogens is 3. The number of nitrogens with one attached hydrogen (secondary N) is 2. The maximum Gasteiger partial charge on any atom is 0.247 e. The van der Waals surface area contributed by atoms with Gasteiger partial charge in [-0.25, -0.2) is 0 Å². The molecule has 0 saturated carbocycles. The summed E-state index contributed by atoms with van der Waals surface area (Å²) in [6, 6.07) is 4.48. The minimum atomic E-state index is -0.416. The van der Waals surface area contributed by atoms with Gasteiger partial charge in [-0.15, -0.1) is 12.4 Å². The molecule has 2 N–H and O–H groups in total. The van der Waals surface area contributed by atoms with Crippen molar-refractivity contribution in [1.82, 2.24) is 10.2 Å². The zero-order valence-corrected chi connectivity index (χ0v) is 15.4. The van der Waals surface area contributed by atoms with Gasteiger partial charge in [0.05, 0.1) is 5.92 Å². The van der Waals surface area contributed by atoms with E-state index in [1.807, 2.05) is 0 Å². The van der Waals surface area contributed by atoms with E-state index < -0.39 is 6.04 Å². The normalized spacial score (nSPS) is 23.0. The van der Waals surface area contributed by atoms with Gasteiger partial charge in [0, 0.05) is 28.8 Å². The van der Waals surface area contributed by atoms with Crippen LogP contribution in [0.2, 0.25) is 10.0 Å². The fourth-order valence-corrected chi connectivity index (χ4v) is 3.78. The third-order valence-corrected chi connectivity index (χ3v) is 4.81. The van der Waals surface area contributed by atoms with Gasteiger partial charge in [-0.2, -0.15) is 0 Å². The number of benzene rings is 1. The Hall–Kier alpha value is -1.01. The molecular weight excluding hydrogens is 373 g/mol. The minimum absolute atomic E-state index is 0. The molecule has 2 aliphatic rings. The molecule has 1 aromatic carbocycles. The van der Waals surface area contributed by atoms with Gasteiger partial charge >= 0.3 is 0 Å². The Kier molecular flexibility index (Phi) is 6.75. The number of hydrogen-bond donors (Lipinski definition) is 2. The Morgan fingerprint density at radius 1 is 1.17 bits per heavy atom. The molecule has 0 spiro atoms. The molecule has 5 nitrogen and oxygen atoms in total. The summed E-state index contributed by atoms with van der Waals surface area (Å²) in [5, 5.41) is 6.94. The molecule has 0 radical (unpaired) electrons. The Morgan fingerprint density at radius 3 is 2.50 bits per heavy atom. The molecule has 2 amide bonds. The number of carbonyl (C=O) groups is 2. The SMILES string of the molecule is Cl.O=C(Nc1cc(Cl)cc(Cl)c1)C1CCCN1C(=O)C1CCNC1. The van der Waals surface area contributed by atoms with E-state index in [0.29, 0.717) is 35.2 Å². The molecule has 1 aromatic rings. The Labute approximate surface area is 157 Å². The number of anilines is 1. The Balaban J connectivity index is 0.00000208. The van der Waals surface area contributed by atoms with Crippen molar-refractivity contribution in [3.05, 3.63) is 28.2 Å². The van der Waals surface area contributed by atoms with Crippen LogP contribution in [-0.4, -0.2) is 42.4 Å². The third-order valence-electron chi connectivity index (χ3n) is 4.38. The van der Waals surface area contributed by atoms with Crippen LogP contribution in [0.15, 0.2) is 18.2 Å². The Bertz CT molecular complexity index is 600. The van der Waals surface area contributed by atoms with Crippen molar-refractivity contribution in [3.8, 4) is 0 Å². The van der Waals surface area contributed by atoms with E-state index in [1.54, 1.807) is 23.1 Å². The van der Waals surface area contributed by atoms with E-state index in [1.165, 1.54) is 0 Å². The molecule has 132 valence electrons. The second-order valence-electron chi connectivity index (χ2n) is 6.03. The van der Waals surface area contributed by atoms with E-state index in [0.717, 1.165) is 19.4 Å². The maximum atomic E-state index is 12.6. The van der Waals surface area contributed by atoms with Crippen LogP contribution in [0.1, 0.15) is 19.3 Å². The highest BCUT2D eigenvalue weighted by molar-refractivity contribution is 6.35. The Morgan fingerprint density at radius 2 is 1.88 bits per heavy atom. The van der Waals surface area contributed by atoms with E-state index >= 15 is 0 Å². The third kappa shape index (κ3) is 4.33. The first-order valence-corrected chi connectivity index (χ1v) is 8.58. The van der Waals surface area contributed by atoms with E-state index in [4.69, 9.17) is 23.2 Å². The van der Waals surface area contributed by atoms with Crippen molar-refractivity contribution in [2.75, 3.05) is 25.0 Å². The average Bonchev–Trinajstić information content (AvgIpc) is 3.17. The molecule has 3 rings (SSSR count). The molecule has 0 aliphatic carbocycles. The summed E-state index contributed by atoms with van der Waals surface area (Å²) >= 11 is 11.9. The van der Waals surface area contributed by atoms with E-state index in [-0.39, 0.29) is 30.1 Å². The number of rotatable bonds is 3. The molecule has 2 saturated heterocycles. The van der Waals surface area contributed by atoms with Crippen molar-refractivity contribution < 1.29 is 9.59 Å². The lowest BCUT2D eigenvalue weighted by atomic mass is 10.1. The van der Waals surface area contributed by atoms with Crippen molar-refractivity contribution >= 4 is 53.1 Å². The van der Waals surface area contributed by atoms with Crippen LogP contribution in [0.4, 0.5) is 5.69 Å². The average molecular weight is 393 g/mol. The van der Waals surface area contributed by atoms with Gasteiger partial charge in [-0.1, -0.05) is 23.2 Å². The lowest BCUT2D eigenvalue weighted by Crippen LogP contribution is -2.46. The van der Waals surface area contributed by atoms with Crippen LogP contribution in [0, 0.1) is 5.92 Å². The number of carbonyl (C=O) groups excluding carboxylic acids is 2. The largest absolute Gasteiger partial charge is 0.330 e. The maximum absolute atomic E-state index is 12.6. The van der Waals surface area contributed by atoms with E-state index in [2.05, 4.69) is 10.6 Å². The monoisotopic (exact) mass is 391 g/mol. The van der Waals surface area contributed by atoms with Crippen molar-refractivity contribution in [2.24, 2.45) is 5.92 Å². The predicted octanol–water partition coefficient (Wildman–Crippen LogP) is 2.95. The smallest absolute Gasteiger partial charge is 0.247 e. The van der Waals surface area contributed by atoms with E-state index in [9.17, 15) is 9.59 Å². The fourth-order valence-electron chi connectivity index (χ4n) is 3.25. The van der Waals surface area contributed by atoms with Crippen molar-refractivity contribution in [2.45, 2.75) is 25.3 Å². The highest BCUT2D eigenvalue weighted by Crippen LogP contribution is 2.26. The summed E-state index contributed by atoms with van der Waals surface area (Å²) in [4.78, 5) is 26.9. The molecule has 2 atom stereocenters. The molecule has 24 heavy (non-hydrogen) atoms. The second-order valence-corrected chi connectivity index (χ2v) is 6.90. The van der Waals surface area contributed by atoms with Crippen molar-refractivity contribution in [3.63, 3.8) is 0 Å².